The standard InChI is InChI=1S/C30H32F4O3S/c1-23(2)27(35)37-21-13-20-29(36-3,22-30(33,34)28(31)32)38(24-14-7-4-8-15-24,25-16-9-5-10-17-25)26-18-11-6-12-19-26/h4-12,14-19,28H,1,13,20-22H2,2-3H3. The average Bonchev–Trinajstić information content (AvgIpc) is 2.92. The summed E-state index contributed by atoms with van der Waals surface area (Å²) in [5.74, 6) is -4.96. The Morgan fingerprint density at radius 3 is 1.63 bits per heavy atom. The molecule has 0 aromatic heterocycles. The van der Waals surface area contributed by atoms with Gasteiger partial charge in [-0.05, 0) is 56.2 Å². The Morgan fingerprint density at radius 1 is 0.868 bits per heavy atom. The van der Waals surface area contributed by atoms with Crippen LogP contribution >= 0.6 is 10.0 Å². The predicted octanol–water partition coefficient (Wildman–Crippen LogP) is 8.50. The Hall–Kier alpha value is -3.10. The maximum Gasteiger partial charge on any atom is 0.333 e. The molecule has 1 atom stereocenters. The molecule has 0 N–H and O–H groups in total. The van der Waals surface area contributed by atoms with Gasteiger partial charge in [-0.15, -0.1) is 10.0 Å². The average molecular weight is 549 g/mol. The van der Waals surface area contributed by atoms with Crippen molar-refractivity contribution in [1.29, 1.82) is 0 Å². The van der Waals surface area contributed by atoms with Crippen molar-refractivity contribution in [3.8, 4) is 0 Å². The fraction of sp³-hybridized carbons (Fsp3) is 0.300. The fourth-order valence-electron chi connectivity index (χ4n) is 4.64. The molecular formula is C30H32F4O3S. The Kier molecular flexibility index (Phi) is 9.79. The van der Waals surface area contributed by atoms with Crippen LogP contribution in [0.25, 0.3) is 0 Å². The maximum atomic E-state index is 15.1. The third-order valence-corrected chi connectivity index (χ3v) is 10.9. The molecule has 3 rings (SSSR count). The van der Waals surface area contributed by atoms with Crippen molar-refractivity contribution in [2.45, 2.75) is 58.2 Å². The quantitative estimate of drug-likeness (QED) is 0.0930. The van der Waals surface area contributed by atoms with E-state index in [1.807, 2.05) is 54.6 Å². The fourth-order valence-corrected chi connectivity index (χ4v) is 9.55. The summed E-state index contributed by atoms with van der Waals surface area (Å²) in [5.41, 5.74) is 0.199. The monoisotopic (exact) mass is 548 g/mol. The molecule has 0 spiro atoms. The number of carbonyl (C=O) groups is 1. The van der Waals surface area contributed by atoms with E-state index >= 15 is 8.78 Å². The van der Waals surface area contributed by atoms with Crippen LogP contribution in [0.15, 0.2) is 118 Å². The van der Waals surface area contributed by atoms with E-state index in [4.69, 9.17) is 9.47 Å². The van der Waals surface area contributed by atoms with Crippen molar-refractivity contribution >= 4 is 16.0 Å². The molecule has 0 heterocycles. The summed E-state index contributed by atoms with van der Waals surface area (Å²) in [5, 5.41) is 0. The highest BCUT2D eigenvalue weighted by molar-refractivity contribution is 8.34. The van der Waals surface area contributed by atoms with Crippen LogP contribution in [0.3, 0.4) is 0 Å². The molecule has 3 nitrogen and oxygen atoms in total. The number of benzene rings is 3. The Balaban J connectivity index is 2.33. The van der Waals surface area contributed by atoms with Crippen LogP contribution in [0.5, 0.6) is 0 Å². The third kappa shape index (κ3) is 5.97. The Morgan fingerprint density at radius 2 is 1.29 bits per heavy atom. The summed E-state index contributed by atoms with van der Waals surface area (Å²) < 4.78 is 69.1. The number of carbonyl (C=O) groups excluding carboxylic acids is 1. The van der Waals surface area contributed by atoms with Gasteiger partial charge >= 0.3 is 18.3 Å². The SMILES string of the molecule is C=C(C)C(=O)OCCCC(CC(F)(F)C(F)F)(OC)S(c1ccccc1)(c1ccccc1)c1ccccc1. The van der Waals surface area contributed by atoms with Gasteiger partial charge in [-0.25, -0.2) is 22.4 Å². The van der Waals surface area contributed by atoms with Crippen LogP contribution in [0, 0.1) is 0 Å². The van der Waals surface area contributed by atoms with E-state index in [0.29, 0.717) is 14.7 Å². The lowest BCUT2D eigenvalue weighted by atomic mass is 10.1. The molecule has 0 fully saturated rings. The highest BCUT2D eigenvalue weighted by Gasteiger charge is 2.58. The van der Waals surface area contributed by atoms with Crippen LogP contribution < -0.4 is 0 Å². The molecule has 0 bridgehead atoms. The summed E-state index contributed by atoms with van der Waals surface area (Å²) in [6.45, 7) is 4.94. The van der Waals surface area contributed by atoms with Crippen molar-refractivity contribution < 1.29 is 31.8 Å². The minimum absolute atomic E-state index is 0.0801. The maximum absolute atomic E-state index is 15.1. The van der Waals surface area contributed by atoms with Crippen LogP contribution in [0.1, 0.15) is 26.2 Å². The Bertz CT molecular complexity index is 1090. The second-order valence-electron chi connectivity index (χ2n) is 8.92. The Labute approximate surface area is 222 Å². The normalized spacial score (nSPS) is 14.1. The minimum Gasteiger partial charge on any atom is -0.462 e. The number of halogens is 4. The molecular weight excluding hydrogens is 516 g/mol. The zero-order valence-electron chi connectivity index (χ0n) is 21.4. The number of rotatable bonds is 13. The molecule has 204 valence electrons. The van der Waals surface area contributed by atoms with Gasteiger partial charge in [0.2, 0.25) is 0 Å². The van der Waals surface area contributed by atoms with Crippen molar-refractivity contribution in [1.82, 2.24) is 0 Å². The minimum atomic E-state index is -4.35. The first-order valence-corrected chi connectivity index (χ1v) is 13.8. The number of hydrogen-bond acceptors (Lipinski definition) is 3. The van der Waals surface area contributed by atoms with E-state index in [-0.39, 0.29) is 25.0 Å². The highest BCUT2D eigenvalue weighted by atomic mass is 32.3. The topological polar surface area (TPSA) is 35.5 Å². The molecule has 8 heteroatoms. The second-order valence-corrected chi connectivity index (χ2v) is 12.3. The molecule has 0 aliphatic heterocycles. The number of methoxy groups -OCH3 is 1. The van der Waals surface area contributed by atoms with Gasteiger partial charge in [0.1, 0.15) is 4.93 Å². The molecule has 38 heavy (non-hydrogen) atoms. The first-order valence-electron chi connectivity index (χ1n) is 12.1. The van der Waals surface area contributed by atoms with Crippen molar-refractivity contribution in [2.24, 2.45) is 0 Å². The lowest BCUT2D eigenvalue weighted by Crippen LogP contribution is -2.46. The van der Waals surface area contributed by atoms with Gasteiger partial charge in [-0.1, -0.05) is 61.2 Å². The summed E-state index contributed by atoms with van der Waals surface area (Å²) >= 11 is 0. The summed E-state index contributed by atoms with van der Waals surface area (Å²) in [6, 6.07) is 27.1. The van der Waals surface area contributed by atoms with Crippen LogP contribution in [-0.2, 0) is 14.3 Å². The van der Waals surface area contributed by atoms with Crippen molar-refractivity contribution in [3.05, 3.63) is 103 Å². The first kappa shape index (κ1) is 29.5. The number of alkyl halides is 4. The van der Waals surface area contributed by atoms with Gasteiger partial charge in [0, 0.05) is 27.4 Å². The summed E-state index contributed by atoms with van der Waals surface area (Å²) in [4.78, 5) is 12.2. The first-order chi connectivity index (χ1) is 18.1. The highest BCUT2D eigenvalue weighted by Crippen LogP contribution is 2.78. The molecule has 0 aliphatic rings. The second kappa shape index (κ2) is 12.6. The third-order valence-electron chi connectivity index (χ3n) is 6.33. The van der Waals surface area contributed by atoms with Crippen molar-refractivity contribution in [3.63, 3.8) is 0 Å². The molecule has 3 aromatic carbocycles. The molecule has 3 aromatic rings. The van der Waals surface area contributed by atoms with Gasteiger partial charge in [-0.2, -0.15) is 0 Å². The van der Waals surface area contributed by atoms with E-state index in [9.17, 15) is 13.6 Å². The lowest BCUT2D eigenvalue weighted by molar-refractivity contribution is -0.159. The zero-order valence-corrected chi connectivity index (χ0v) is 22.2. The van der Waals surface area contributed by atoms with E-state index in [2.05, 4.69) is 6.58 Å². The zero-order chi connectivity index (χ0) is 27.8. The van der Waals surface area contributed by atoms with Gasteiger partial charge in [-0.3, -0.25) is 0 Å². The number of hydrogen-bond donors (Lipinski definition) is 0. The number of ether oxygens (including phenoxy) is 2. The van der Waals surface area contributed by atoms with E-state index in [0.717, 1.165) is 0 Å². The van der Waals surface area contributed by atoms with Crippen LogP contribution in [-0.4, -0.2) is 37.0 Å². The van der Waals surface area contributed by atoms with Gasteiger partial charge in [0.25, 0.3) is 0 Å². The van der Waals surface area contributed by atoms with Crippen LogP contribution in [0.4, 0.5) is 17.6 Å². The van der Waals surface area contributed by atoms with Crippen LogP contribution in [0.2, 0.25) is 0 Å². The van der Waals surface area contributed by atoms with Gasteiger partial charge in [0.05, 0.1) is 13.0 Å². The molecule has 1 unspecified atom stereocenters. The molecule has 0 amide bonds. The number of esters is 1. The molecule has 0 saturated carbocycles. The van der Waals surface area contributed by atoms with E-state index < -0.39 is 39.7 Å². The molecule has 0 aliphatic carbocycles. The summed E-state index contributed by atoms with van der Waals surface area (Å²) in [6.07, 6.45) is -5.11. The molecule has 0 radical (unpaired) electrons. The van der Waals surface area contributed by atoms with Gasteiger partial charge < -0.3 is 9.47 Å². The predicted molar refractivity (Wildman–Crippen MR) is 142 cm³/mol. The van der Waals surface area contributed by atoms with Crippen molar-refractivity contribution in [2.75, 3.05) is 13.7 Å². The summed E-state index contributed by atoms with van der Waals surface area (Å²) in [7, 11) is -1.47. The lowest BCUT2D eigenvalue weighted by Gasteiger charge is -2.56. The molecule has 0 saturated heterocycles. The van der Waals surface area contributed by atoms with Gasteiger partial charge in [0.15, 0.2) is 0 Å². The smallest absolute Gasteiger partial charge is 0.333 e. The van der Waals surface area contributed by atoms with E-state index in [1.54, 1.807) is 36.4 Å². The largest absolute Gasteiger partial charge is 0.462 e. The van der Waals surface area contributed by atoms with E-state index in [1.165, 1.54) is 14.0 Å².